The SMILES string of the molecule is Cc1nc(C(=O)Nc2cccc(Cl)c2Cl)cc(N(C)c2ccccc2)n1. The Hall–Kier alpha value is -2.63. The molecule has 0 fully saturated rings. The van der Waals surface area contributed by atoms with Crippen LogP contribution in [0, 0.1) is 6.92 Å². The second-order valence-electron chi connectivity index (χ2n) is 5.61. The van der Waals surface area contributed by atoms with E-state index in [0.717, 1.165) is 5.69 Å². The highest BCUT2D eigenvalue weighted by molar-refractivity contribution is 6.44. The maximum Gasteiger partial charge on any atom is 0.274 e. The molecule has 1 aromatic heterocycles. The lowest BCUT2D eigenvalue weighted by Crippen LogP contribution is -2.18. The van der Waals surface area contributed by atoms with Gasteiger partial charge in [-0.05, 0) is 31.2 Å². The smallest absolute Gasteiger partial charge is 0.274 e. The largest absolute Gasteiger partial charge is 0.329 e. The van der Waals surface area contributed by atoms with E-state index in [0.29, 0.717) is 22.4 Å². The first-order valence-corrected chi connectivity index (χ1v) is 8.61. The summed E-state index contributed by atoms with van der Waals surface area (Å²) < 4.78 is 0. The fraction of sp³-hybridized carbons (Fsp3) is 0.105. The van der Waals surface area contributed by atoms with E-state index >= 15 is 0 Å². The van der Waals surface area contributed by atoms with Gasteiger partial charge in [0.2, 0.25) is 0 Å². The lowest BCUT2D eigenvalue weighted by Gasteiger charge is -2.19. The zero-order valence-corrected chi connectivity index (χ0v) is 15.7. The van der Waals surface area contributed by atoms with E-state index in [1.807, 2.05) is 42.3 Å². The van der Waals surface area contributed by atoms with E-state index in [4.69, 9.17) is 23.2 Å². The van der Waals surface area contributed by atoms with Crippen LogP contribution in [0.2, 0.25) is 10.0 Å². The number of nitrogens with zero attached hydrogens (tertiary/aromatic N) is 3. The van der Waals surface area contributed by atoms with E-state index in [1.165, 1.54) is 0 Å². The van der Waals surface area contributed by atoms with Crippen molar-refractivity contribution in [2.24, 2.45) is 0 Å². The summed E-state index contributed by atoms with van der Waals surface area (Å²) in [5.74, 6) is 0.723. The van der Waals surface area contributed by atoms with Crippen LogP contribution in [-0.4, -0.2) is 22.9 Å². The summed E-state index contributed by atoms with van der Waals surface area (Å²) in [6, 6.07) is 16.4. The number of nitrogens with one attached hydrogen (secondary N) is 1. The molecule has 132 valence electrons. The van der Waals surface area contributed by atoms with Crippen LogP contribution < -0.4 is 10.2 Å². The molecule has 1 N–H and O–H groups in total. The molecule has 3 rings (SSSR count). The van der Waals surface area contributed by atoms with Crippen molar-refractivity contribution < 1.29 is 4.79 Å². The van der Waals surface area contributed by atoms with Crippen LogP contribution in [0.15, 0.2) is 54.6 Å². The fourth-order valence-corrected chi connectivity index (χ4v) is 2.76. The average molecular weight is 387 g/mol. The van der Waals surface area contributed by atoms with Gasteiger partial charge in [0.15, 0.2) is 0 Å². The summed E-state index contributed by atoms with van der Waals surface area (Å²) in [6.07, 6.45) is 0. The zero-order valence-electron chi connectivity index (χ0n) is 14.2. The molecule has 0 unspecified atom stereocenters. The number of anilines is 3. The molecule has 0 aliphatic rings. The molecule has 2 aromatic carbocycles. The monoisotopic (exact) mass is 386 g/mol. The number of carbonyl (C=O) groups is 1. The minimum atomic E-state index is -0.387. The van der Waals surface area contributed by atoms with Gasteiger partial charge in [-0.1, -0.05) is 47.5 Å². The van der Waals surface area contributed by atoms with Gasteiger partial charge in [-0.3, -0.25) is 4.79 Å². The molecule has 0 radical (unpaired) electrons. The first kappa shape index (κ1) is 18.2. The lowest BCUT2D eigenvalue weighted by molar-refractivity contribution is 0.102. The van der Waals surface area contributed by atoms with E-state index in [1.54, 1.807) is 31.2 Å². The van der Waals surface area contributed by atoms with Crippen molar-refractivity contribution >= 4 is 46.3 Å². The van der Waals surface area contributed by atoms with Crippen molar-refractivity contribution in [3.63, 3.8) is 0 Å². The Morgan fingerprint density at radius 3 is 2.50 bits per heavy atom. The highest BCUT2D eigenvalue weighted by Gasteiger charge is 2.15. The quantitative estimate of drug-likeness (QED) is 0.676. The summed E-state index contributed by atoms with van der Waals surface area (Å²) in [4.78, 5) is 23.2. The minimum absolute atomic E-state index is 0.242. The molecule has 7 heteroatoms. The topological polar surface area (TPSA) is 58.1 Å². The van der Waals surface area contributed by atoms with Crippen molar-refractivity contribution in [2.75, 3.05) is 17.3 Å². The van der Waals surface area contributed by atoms with Gasteiger partial charge in [0.25, 0.3) is 5.91 Å². The zero-order chi connectivity index (χ0) is 18.7. The number of hydrogen-bond donors (Lipinski definition) is 1. The number of aryl methyl sites for hydroxylation is 1. The fourth-order valence-electron chi connectivity index (χ4n) is 2.41. The molecular formula is C19H16Cl2N4O. The van der Waals surface area contributed by atoms with Gasteiger partial charge >= 0.3 is 0 Å². The first-order valence-electron chi connectivity index (χ1n) is 7.85. The van der Waals surface area contributed by atoms with Crippen LogP contribution in [0.3, 0.4) is 0 Å². The van der Waals surface area contributed by atoms with Gasteiger partial charge in [0, 0.05) is 18.8 Å². The molecule has 3 aromatic rings. The van der Waals surface area contributed by atoms with Crippen molar-refractivity contribution in [1.82, 2.24) is 9.97 Å². The Kier molecular flexibility index (Phi) is 5.40. The molecule has 0 aliphatic heterocycles. The summed E-state index contributed by atoms with van der Waals surface area (Å²) in [7, 11) is 1.88. The normalized spacial score (nSPS) is 10.5. The molecule has 1 heterocycles. The van der Waals surface area contributed by atoms with Gasteiger partial charge in [0.1, 0.15) is 17.3 Å². The average Bonchev–Trinajstić information content (AvgIpc) is 2.65. The van der Waals surface area contributed by atoms with Crippen molar-refractivity contribution in [1.29, 1.82) is 0 Å². The van der Waals surface area contributed by atoms with Crippen LogP contribution in [0.1, 0.15) is 16.3 Å². The predicted molar refractivity (Wildman–Crippen MR) is 106 cm³/mol. The second kappa shape index (κ2) is 7.72. The van der Waals surface area contributed by atoms with Gasteiger partial charge < -0.3 is 10.2 Å². The third kappa shape index (κ3) is 3.95. The number of hydrogen-bond acceptors (Lipinski definition) is 4. The molecular weight excluding hydrogens is 371 g/mol. The maximum atomic E-state index is 12.6. The van der Waals surface area contributed by atoms with Crippen molar-refractivity contribution in [2.45, 2.75) is 6.92 Å². The number of halogens is 2. The second-order valence-corrected chi connectivity index (χ2v) is 6.39. The molecule has 1 amide bonds. The Morgan fingerprint density at radius 1 is 1.04 bits per heavy atom. The van der Waals surface area contributed by atoms with E-state index < -0.39 is 0 Å². The van der Waals surface area contributed by atoms with Crippen molar-refractivity contribution in [3.8, 4) is 0 Å². The maximum absolute atomic E-state index is 12.6. The minimum Gasteiger partial charge on any atom is -0.329 e. The standard InChI is InChI=1S/C19H16Cl2N4O/c1-12-22-16(19(26)24-15-10-6-9-14(20)18(15)21)11-17(23-12)25(2)13-7-4-3-5-8-13/h3-11H,1-2H3,(H,24,26). The van der Waals surface area contributed by atoms with Gasteiger partial charge in [-0.15, -0.1) is 0 Å². The van der Waals surface area contributed by atoms with Gasteiger partial charge in [-0.2, -0.15) is 0 Å². The summed E-state index contributed by atoms with van der Waals surface area (Å²) in [6.45, 7) is 1.74. The van der Waals surface area contributed by atoms with Crippen LogP contribution in [0.4, 0.5) is 17.2 Å². The predicted octanol–water partition coefficient (Wildman–Crippen LogP) is 5.11. The number of amides is 1. The highest BCUT2D eigenvalue weighted by atomic mass is 35.5. The molecule has 26 heavy (non-hydrogen) atoms. The summed E-state index contributed by atoms with van der Waals surface area (Å²) in [5, 5.41) is 3.39. The Balaban J connectivity index is 1.90. The highest BCUT2D eigenvalue weighted by Crippen LogP contribution is 2.30. The number of benzene rings is 2. The third-order valence-corrected chi connectivity index (χ3v) is 4.56. The molecule has 5 nitrogen and oxygen atoms in total. The van der Waals surface area contributed by atoms with E-state index in [-0.39, 0.29) is 16.6 Å². The summed E-state index contributed by atoms with van der Waals surface area (Å²) in [5.41, 5.74) is 1.62. The lowest BCUT2D eigenvalue weighted by atomic mass is 10.2. The number of aromatic nitrogens is 2. The molecule has 0 aliphatic carbocycles. The number of para-hydroxylation sites is 1. The summed E-state index contributed by atoms with van der Waals surface area (Å²) >= 11 is 12.1. The van der Waals surface area contributed by atoms with Crippen LogP contribution >= 0.6 is 23.2 Å². The Morgan fingerprint density at radius 2 is 1.77 bits per heavy atom. The molecule has 0 bridgehead atoms. The van der Waals surface area contributed by atoms with Crippen LogP contribution in [0.25, 0.3) is 0 Å². The van der Waals surface area contributed by atoms with E-state index in [2.05, 4.69) is 15.3 Å². The van der Waals surface area contributed by atoms with E-state index in [9.17, 15) is 4.79 Å². The van der Waals surface area contributed by atoms with Crippen LogP contribution in [0.5, 0.6) is 0 Å². The molecule has 0 saturated heterocycles. The Labute approximate surface area is 161 Å². The molecule has 0 spiro atoms. The molecule has 0 atom stereocenters. The third-order valence-electron chi connectivity index (χ3n) is 3.74. The first-order chi connectivity index (χ1) is 12.5. The van der Waals surface area contributed by atoms with Gasteiger partial charge in [-0.25, -0.2) is 9.97 Å². The Bertz CT molecular complexity index is 948. The van der Waals surface area contributed by atoms with Crippen molar-refractivity contribution in [3.05, 3.63) is 76.2 Å². The molecule has 0 saturated carbocycles. The van der Waals surface area contributed by atoms with Crippen LogP contribution in [-0.2, 0) is 0 Å². The number of rotatable bonds is 4. The number of carbonyl (C=O) groups excluding carboxylic acids is 1. The van der Waals surface area contributed by atoms with Gasteiger partial charge in [0.05, 0.1) is 15.7 Å².